The van der Waals surface area contributed by atoms with E-state index in [4.69, 9.17) is 9.47 Å². The lowest BCUT2D eigenvalue weighted by Crippen LogP contribution is -2.49. The fraction of sp³-hybridized carbons (Fsp3) is 0.667. The first-order valence-electron chi connectivity index (χ1n) is 9.93. The Labute approximate surface area is 158 Å². The zero-order valence-electron chi connectivity index (χ0n) is 16.5. The van der Waals surface area contributed by atoms with Crippen molar-refractivity contribution in [2.75, 3.05) is 39.5 Å². The smallest absolute Gasteiger partial charge is 0.251 e. The highest BCUT2D eigenvalue weighted by Crippen LogP contribution is 2.15. The maximum Gasteiger partial charge on any atom is 0.251 e. The molecule has 0 saturated carbocycles. The Hall–Kier alpha value is -1.59. The summed E-state index contributed by atoms with van der Waals surface area (Å²) in [5, 5.41) is 3.11. The first-order valence-corrected chi connectivity index (χ1v) is 9.93. The second-order valence-electron chi connectivity index (χ2n) is 7.37. The van der Waals surface area contributed by atoms with Gasteiger partial charge in [0.2, 0.25) is 0 Å². The topological polar surface area (TPSA) is 50.8 Å². The summed E-state index contributed by atoms with van der Waals surface area (Å²) in [6, 6.07) is 7.78. The molecule has 1 aliphatic heterocycles. The molecule has 1 atom stereocenters. The van der Waals surface area contributed by atoms with E-state index in [1.165, 1.54) is 0 Å². The number of hydrogen-bond acceptors (Lipinski definition) is 4. The molecule has 0 aliphatic carbocycles. The van der Waals surface area contributed by atoms with Crippen LogP contribution >= 0.6 is 0 Å². The molecular formula is C21H34N2O3. The van der Waals surface area contributed by atoms with E-state index in [9.17, 15) is 4.79 Å². The number of hydrogen-bond donors (Lipinski definition) is 1. The van der Waals surface area contributed by atoms with Crippen molar-refractivity contribution >= 4 is 5.91 Å². The van der Waals surface area contributed by atoms with Crippen LogP contribution in [-0.4, -0.2) is 56.3 Å². The monoisotopic (exact) mass is 362 g/mol. The normalized spacial score (nSPS) is 16.5. The van der Waals surface area contributed by atoms with Crippen LogP contribution in [0.25, 0.3) is 0 Å². The van der Waals surface area contributed by atoms with Gasteiger partial charge in [-0.25, -0.2) is 0 Å². The van der Waals surface area contributed by atoms with Gasteiger partial charge in [-0.05, 0) is 43.0 Å². The van der Waals surface area contributed by atoms with Gasteiger partial charge in [0.1, 0.15) is 5.75 Å². The van der Waals surface area contributed by atoms with Crippen LogP contribution in [0.1, 0.15) is 50.4 Å². The van der Waals surface area contributed by atoms with E-state index in [1.54, 1.807) is 0 Å². The molecule has 146 valence electrons. The lowest BCUT2D eigenvalue weighted by atomic mass is 10.0. The second-order valence-corrected chi connectivity index (χ2v) is 7.37. The van der Waals surface area contributed by atoms with Gasteiger partial charge in [-0.1, -0.05) is 27.2 Å². The highest BCUT2D eigenvalue weighted by molar-refractivity contribution is 5.94. The number of nitrogens with zero attached hydrogens (tertiary/aromatic N) is 1. The largest absolute Gasteiger partial charge is 0.494 e. The average Bonchev–Trinajstić information content (AvgIpc) is 2.66. The van der Waals surface area contributed by atoms with Crippen molar-refractivity contribution in [2.24, 2.45) is 5.92 Å². The fourth-order valence-corrected chi connectivity index (χ4v) is 3.20. The van der Waals surface area contributed by atoms with Crippen molar-refractivity contribution in [3.05, 3.63) is 29.8 Å². The van der Waals surface area contributed by atoms with Gasteiger partial charge in [0.25, 0.3) is 5.91 Å². The van der Waals surface area contributed by atoms with Crippen LogP contribution in [0.4, 0.5) is 0 Å². The molecule has 5 heteroatoms. The minimum atomic E-state index is -0.0212. The van der Waals surface area contributed by atoms with Gasteiger partial charge in [-0.2, -0.15) is 0 Å². The molecule has 1 aromatic carbocycles. The van der Waals surface area contributed by atoms with E-state index in [-0.39, 0.29) is 5.91 Å². The number of nitrogens with one attached hydrogen (secondary N) is 1. The summed E-state index contributed by atoms with van der Waals surface area (Å²) < 4.78 is 11.1. The molecule has 0 bridgehead atoms. The molecule has 1 amide bonds. The van der Waals surface area contributed by atoms with Crippen LogP contribution in [0.15, 0.2) is 24.3 Å². The number of unbranched alkanes of at least 4 members (excludes halogenated alkanes) is 1. The number of carbonyl (C=O) groups excluding carboxylic acids is 1. The molecule has 0 radical (unpaired) electrons. The van der Waals surface area contributed by atoms with E-state index in [2.05, 4.69) is 31.0 Å². The SMILES string of the molecule is CCCCOc1ccc(C(=O)NCC(CC(C)C)N2CCOCC2)cc1. The summed E-state index contributed by atoms with van der Waals surface area (Å²) in [6.07, 6.45) is 3.23. The summed E-state index contributed by atoms with van der Waals surface area (Å²) in [5.41, 5.74) is 0.679. The van der Waals surface area contributed by atoms with E-state index in [0.717, 1.165) is 57.9 Å². The van der Waals surface area contributed by atoms with Crippen LogP contribution < -0.4 is 10.1 Å². The van der Waals surface area contributed by atoms with Gasteiger partial charge in [0.05, 0.1) is 19.8 Å². The Kier molecular flexibility index (Phi) is 8.92. The molecule has 0 spiro atoms. The van der Waals surface area contributed by atoms with Crippen molar-refractivity contribution in [1.29, 1.82) is 0 Å². The van der Waals surface area contributed by atoms with Gasteiger partial charge in [0, 0.05) is 31.2 Å². The van der Waals surface area contributed by atoms with Crippen LogP contribution in [0.5, 0.6) is 5.75 Å². The van der Waals surface area contributed by atoms with Gasteiger partial charge in [0.15, 0.2) is 0 Å². The Bertz CT molecular complexity index is 525. The third-order valence-corrected chi connectivity index (χ3v) is 4.69. The summed E-state index contributed by atoms with van der Waals surface area (Å²) in [7, 11) is 0. The first-order chi connectivity index (χ1) is 12.6. The molecular weight excluding hydrogens is 328 g/mol. The Morgan fingerprint density at radius 2 is 1.92 bits per heavy atom. The lowest BCUT2D eigenvalue weighted by molar-refractivity contribution is 0.0124. The molecule has 2 rings (SSSR count). The fourth-order valence-electron chi connectivity index (χ4n) is 3.20. The van der Waals surface area contributed by atoms with Gasteiger partial charge in [-0.15, -0.1) is 0 Å². The first kappa shape index (κ1) is 20.7. The quantitative estimate of drug-likeness (QED) is 0.649. The highest BCUT2D eigenvalue weighted by atomic mass is 16.5. The standard InChI is InChI=1S/C21H34N2O3/c1-4-5-12-26-20-8-6-18(7-9-20)21(24)22-16-19(15-17(2)3)23-10-13-25-14-11-23/h6-9,17,19H,4-5,10-16H2,1-3H3,(H,22,24). The number of ether oxygens (including phenoxy) is 2. The van der Waals surface area contributed by atoms with Crippen LogP contribution in [0.3, 0.4) is 0 Å². The molecule has 5 nitrogen and oxygen atoms in total. The minimum Gasteiger partial charge on any atom is -0.494 e. The predicted octanol–water partition coefficient (Wildman–Crippen LogP) is 3.34. The third-order valence-electron chi connectivity index (χ3n) is 4.69. The Morgan fingerprint density at radius 3 is 2.54 bits per heavy atom. The summed E-state index contributed by atoms with van der Waals surface area (Å²) in [5.74, 6) is 1.40. The van der Waals surface area contributed by atoms with Crippen molar-refractivity contribution in [2.45, 2.75) is 46.1 Å². The van der Waals surface area contributed by atoms with Crippen molar-refractivity contribution in [1.82, 2.24) is 10.2 Å². The number of benzene rings is 1. The van der Waals surface area contributed by atoms with E-state index < -0.39 is 0 Å². The van der Waals surface area contributed by atoms with Gasteiger partial charge in [-0.3, -0.25) is 9.69 Å². The zero-order valence-corrected chi connectivity index (χ0v) is 16.5. The molecule has 1 heterocycles. The van der Waals surface area contributed by atoms with Crippen LogP contribution in [0, 0.1) is 5.92 Å². The lowest BCUT2D eigenvalue weighted by Gasteiger charge is -2.35. The zero-order chi connectivity index (χ0) is 18.8. The van der Waals surface area contributed by atoms with Crippen molar-refractivity contribution in [3.63, 3.8) is 0 Å². The molecule has 1 N–H and O–H groups in total. The third kappa shape index (κ3) is 6.96. The minimum absolute atomic E-state index is 0.0212. The maximum atomic E-state index is 12.5. The maximum absolute atomic E-state index is 12.5. The van der Waals surface area contributed by atoms with E-state index >= 15 is 0 Å². The average molecular weight is 363 g/mol. The molecule has 26 heavy (non-hydrogen) atoms. The molecule has 0 aromatic heterocycles. The second kappa shape index (κ2) is 11.2. The number of carbonyl (C=O) groups is 1. The van der Waals surface area contributed by atoms with E-state index in [0.29, 0.717) is 24.1 Å². The van der Waals surface area contributed by atoms with Crippen LogP contribution in [0.2, 0.25) is 0 Å². The Morgan fingerprint density at radius 1 is 1.23 bits per heavy atom. The molecule has 1 saturated heterocycles. The number of rotatable bonds is 10. The summed E-state index contributed by atoms with van der Waals surface area (Å²) in [4.78, 5) is 14.9. The Balaban J connectivity index is 1.86. The van der Waals surface area contributed by atoms with Crippen LogP contribution in [-0.2, 0) is 4.74 Å². The molecule has 1 fully saturated rings. The highest BCUT2D eigenvalue weighted by Gasteiger charge is 2.22. The number of amides is 1. The van der Waals surface area contributed by atoms with E-state index in [1.807, 2.05) is 24.3 Å². The molecule has 1 unspecified atom stereocenters. The predicted molar refractivity (Wildman–Crippen MR) is 105 cm³/mol. The van der Waals surface area contributed by atoms with Crippen molar-refractivity contribution in [3.8, 4) is 5.75 Å². The van der Waals surface area contributed by atoms with Crippen molar-refractivity contribution < 1.29 is 14.3 Å². The summed E-state index contributed by atoms with van der Waals surface area (Å²) >= 11 is 0. The summed E-state index contributed by atoms with van der Waals surface area (Å²) in [6.45, 7) is 11.4. The number of morpholine rings is 1. The molecule has 1 aliphatic rings. The van der Waals surface area contributed by atoms with Gasteiger partial charge < -0.3 is 14.8 Å². The van der Waals surface area contributed by atoms with Gasteiger partial charge >= 0.3 is 0 Å². The molecule has 1 aromatic rings.